The largest absolute Gasteiger partial charge is 0.477 e. The first-order chi connectivity index (χ1) is 15.2. The van der Waals surface area contributed by atoms with Gasteiger partial charge in [-0.3, -0.25) is 14.5 Å². The predicted octanol–water partition coefficient (Wildman–Crippen LogP) is 0.0548. The van der Waals surface area contributed by atoms with Gasteiger partial charge in [0.1, 0.15) is 36.5 Å². The Bertz CT molecular complexity index is 1020. The molecule has 0 bridgehead atoms. The Hall–Kier alpha value is -2.64. The number of oxime groups is 1. The number of nitrogens with one attached hydrogen (secondary N) is 1. The summed E-state index contributed by atoms with van der Waals surface area (Å²) in [5.41, 5.74) is 6.59. The van der Waals surface area contributed by atoms with E-state index in [0.717, 1.165) is 47.3 Å². The molecule has 2 saturated heterocycles. The molecule has 2 amide bonds. The van der Waals surface area contributed by atoms with Gasteiger partial charge in [0.05, 0.1) is 20.1 Å². The van der Waals surface area contributed by atoms with Crippen LogP contribution in [-0.4, -0.2) is 93.9 Å². The molecule has 1 aromatic heterocycles. The van der Waals surface area contributed by atoms with Gasteiger partial charge < -0.3 is 25.5 Å². The van der Waals surface area contributed by atoms with Crippen molar-refractivity contribution in [3.05, 3.63) is 22.3 Å². The summed E-state index contributed by atoms with van der Waals surface area (Å²) in [5, 5.41) is 17.6. The van der Waals surface area contributed by atoms with Crippen LogP contribution in [0.15, 0.2) is 21.8 Å². The van der Waals surface area contributed by atoms with E-state index >= 15 is 0 Å². The molecule has 3 aliphatic rings. The van der Waals surface area contributed by atoms with Crippen LogP contribution in [0.25, 0.3) is 0 Å². The number of carbonyl (C=O) groups excluding carboxylic acids is 2. The number of anilines is 1. The summed E-state index contributed by atoms with van der Waals surface area (Å²) < 4.78 is 0.785. The lowest BCUT2D eigenvalue weighted by Gasteiger charge is -2.49. The van der Waals surface area contributed by atoms with Crippen molar-refractivity contribution in [2.75, 3.05) is 45.3 Å². The minimum absolute atomic E-state index is 0.0496. The lowest BCUT2D eigenvalue weighted by Crippen LogP contribution is -2.71. The van der Waals surface area contributed by atoms with Crippen LogP contribution in [0, 0.1) is 0 Å². The molecule has 0 saturated carbocycles. The van der Waals surface area contributed by atoms with Gasteiger partial charge in [0.15, 0.2) is 10.8 Å². The number of nitrogen functional groups attached to an aromatic ring is 1. The molecule has 0 aliphatic carbocycles. The topological polar surface area (TPSA) is 147 Å². The van der Waals surface area contributed by atoms with E-state index in [1.54, 1.807) is 5.38 Å². The monoisotopic (exact) mass is 481 g/mol. The first kappa shape index (κ1) is 22.6. The number of fused-ring (bicyclic) bond motifs is 1. The van der Waals surface area contributed by atoms with Crippen LogP contribution < -0.4 is 11.1 Å². The van der Waals surface area contributed by atoms with Crippen molar-refractivity contribution < 1.29 is 28.8 Å². The standard InChI is InChI=1S/C19H24N6O5S2/c1-25(5-3-4-6-25)7-10-8-31-17-13(16(27)24(17)14(10)18(28)29)22-15(26)12(23-30-2)11-9-32-19(20)21-11/h9,13,17H,3-8H2,1-2H3,(H3-,20,21,22,26,28,29)/p+1/b23-12+. The third-order valence-corrected chi connectivity index (χ3v) is 7.93. The fourth-order valence-corrected chi connectivity index (χ4v) is 6.31. The number of hydrogen-bond donors (Lipinski definition) is 3. The van der Waals surface area contributed by atoms with E-state index in [2.05, 4.69) is 22.5 Å². The maximum Gasteiger partial charge on any atom is 0.352 e. The maximum absolute atomic E-state index is 12.9. The number of quaternary nitrogens is 1. The lowest BCUT2D eigenvalue weighted by atomic mass is 10.0. The molecule has 11 nitrogen and oxygen atoms in total. The van der Waals surface area contributed by atoms with Crippen LogP contribution in [0.1, 0.15) is 18.5 Å². The number of amides is 2. The van der Waals surface area contributed by atoms with Gasteiger partial charge >= 0.3 is 5.97 Å². The first-order valence-corrected chi connectivity index (χ1v) is 12.0. The Kier molecular flexibility index (Phi) is 6.14. The molecule has 0 spiro atoms. The van der Waals surface area contributed by atoms with E-state index in [1.807, 2.05) is 0 Å². The van der Waals surface area contributed by atoms with Gasteiger partial charge in [-0.25, -0.2) is 9.78 Å². The molecule has 0 aromatic carbocycles. The van der Waals surface area contributed by atoms with Gasteiger partial charge in [0.25, 0.3) is 11.8 Å². The molecular formula is C19H25N6O5S2+. The second-order valence-electron chi connectivity index (χ2n) is 8.24. The van der Waals surface area contributed by atoms with Crippen LogP contribution in [0.5, 0.6) is 0 Å². The number of nitrogens with zero attached hydrogens (tertiary/aromatic N) is 4. The van der Waals surface area contributed by atoms with Gasteiger partial charge in [-0.15, -0.1) is 23.1 Å². The number of thiazole rings is 1. The minimum Gasteiger partial charge on any atom is -0.477 e. The normalized spacial score (nSPS) is 24.8. The van der Waals surface area contributed by atoms with Crippen molar-refractivity contribution in [3.8, 4) is 0 Å². The Morgan fingerprint density at radius 3 is 2.75 bits per heavy atom. The summed E-state index contributed by atoms with van der Waals surface area (Å²) in [5.74, 6) is -1.71. The molecule has 2 fully saturated rings. The second-order valence-corrected chi connectivity index (χ2v) is 10.2. The lowest BCUT2D eigenvalue weighted by molar-refractivity contribution is -0.893. The summed E-state index contributed by atoms with van der Waals surface area (Å²) in [4.78, 5) is 47.9. The molecule has 4 N–H and O–H groups in total. The number of likely N-dealkylation sites (tertiary alicyclic amines) is 1. The van der Waals surface area contributed by atoms with Crippen molar-refractivity contribution in [1.29, 1.82) is 0 Å². The van der Waals surface area contributed by atoms with Crippen molar-refractivity contribution >= 4 is 51.7 Å². The number of rotatable bonds is 7. The molecule has 4 rings (SSSR count). The average Bonchev–Trinajstić information content (AvgIpc) is 3.37. The Balaban J connectivity index is 1.52. The van der Waals surface area contributed by atoms with Crippen LogP contribution in [0.4, 0.5) is 5.13 Å². The average molecular weight is 482 g/mol. The molecular weight excluding hydrogens is 456 g/mol. The van der Waals surface area contributed by atoms with Crippen LogP contribution in [0.2, 0.25) is 0 Å². The highest BCUT2D eigenvalue weighted by molar-refractivity contribution is 8.00. The summed E-state index contributed by atoms with van der Waals surface area (Å²) in [7, 11) is 3.42. The fourth-order valence-electron chi connectivity index (χ4n) is 4.42. The maximum atomic E-state index is 12.9. The fraction of sp³-hybridized carbons (Fsp3) is 0.526. The number of likely N-dealkylation sites (N-methyl/N-ethyl adjacent to an activating group) is 1. The quantitative estimate of drug-likeness (QED) is 0.214. The highest BCUT2D eigenvalue weighted by Gasteiger charge is 2.55. The molecule has 32 heavy (non-hydrogen) atoms. The zero-order valence-corrected chi connectivity index (χ0v) is 19.4. The summed E-state index contributed by atoms with van der Waals surface area (Å²) in [6.07, 6.45) is 2.24. The molecule has 13 heteroatoms. The molecule has 1 aromatic rings. The van der Waals surface area contributed by atoms with Crippen LogP contribution >= 0.6 is 23.1 Å². The Labute approximate surface area is 192 Å². The molecule has 172 valence electrons. The smallest absolute Gasteiger partial charge is 0.352 e. The third kappa shape index (κ3) is 4.07. The van der Waals surface area contributed by atoms with Crippen molar-refractivity contribution in [2.45, 2.75) is 24.3 Å². The van der Waals surface area contributed by atoms with Crippen molar-refractivity contribution in [2.24, 2.45) is 5.16 Å². The second kappa shape index (κ2) is 8.71. The number of carboxylic acid groups (broad SMARTS) is 1. The molecule has 2 unspecified atom stereocenters. The molecule has 4 heterocycles. The van der Waals surface area contributed by atoms with E-state index in [4.69, 9.17) is 10.6 Å². The number of β-lactam (4-membered cyclic amide) rings is 1. The molecule has 0 radical (unpaired) electrons. The first-order valence-electron chi connectivity index (χ1n) is 10.1. The summed E-state index contributed by atoms with van der Waals surface area (Å²) in [6, 6.07) is -0.863. The number of carboxylic acids is 1. The summed E-state index contributed by atoms with van der Waals surface area (Å²) in [6.45, 7) is 2.61. The van der Waals surface area contributed by atoms with Crippen molar-refractivity contribution in [3.63, 3.8) is 0 Å². The third-order valence-electron chi connectivity index (χ3n) is 5.92. The van der Waals surface area contributed by atoms with Gasteiger partial charge in [-0.05, 0) is 0 Å². The van der Waals surface area contributed by atoms with Crippen LogP contribution in [-0.2, 0) is 19.2 Å². The van der Waals surface area contributed by atoms with E-state index in [9.17, 15) is 19.5 Å². The number of carbonyl (C=O) groups is 3. The minimum atomic E-state index is -1.12. The SMILES string of the molecule is CO/N=C(/C(=O)NC1C(=O)N2C(C(=O)O)=C(C[N+]3(C)CCCC3)CSC12)c1csc(N)n1. The van der Waals surface area contributed by atoms with Gasteiger partial charge in [0.2, 0.25) is 0 Å². The van der Waals surface area contributed by atoms with E-state index in [-0.39, 0.29) is 22.2 Å². The van der Waals surface area contributed by atoms with Crippen molar-refractivity contribution in [1.82, 2.24) is 15.2 Å². The van der Waals surface area contributed by atoms with Gasteiger partial charge in [-0.1, -0.05) is 5.16 Å². The van der Waals surface area contributed by atoms with Gasteiger partial charge in [-0.2, -0.15) is 0 Å². The zero-order valence-electron chi connectivity index (χ0n) is 17.7. The number of hydrogen-bond acceptors (Lipinski definition) is 9. The van der Waals surface area contributed by atoms with Crippen LogP contribution in [0.3, 0.4) is 0 Å². The van der Waals surface area contributed by atoms with Gasteiger partial charge in [0, 0.05) is 29.5 Å². The highest BCUT2D eigenvalue weighted by Crippen LogP contribution is 2.41. The van der Waals surface area contributed by atoms with E-state index in [0.29, 0.717) is 12.3 Å². The number of thioether (sulfide) groups is 1. The number of aliphatic carboxylic acids is 1. The molecule has 2 atom stereocenters. The number of aromatic nitrogens is 1. The Morgan fingerprint density at radius 1 is 1.44 bits per heavy atom. The number of nitrogens with two attached hydrogens (primary N) is 1. The zero-order chi connectivity index (χ0) is 23.0. The highest BCUT2D eigenvalue weighted by atomic mass is 32.2. The summed E-state index contributed by atoms with van der Waals surface area (Å²) >= 11 is 2.61. The molecule has 3 aliphatic heterocycles. The Morgan fingerprint density at radius 2 is 2.16 bits per heavy atom. The van der Waals surface area contributed by atoms with E-state index in [1.165, 1.54) is 23.8 Å². The predicted molar refractivity (Wildman–Crippen MR) is 120 cm³/mol. The van der Waals surface area contributed by atoms with E-state index < -0.39 is 29.2 Å².